The fourth-order valence-electron chi connectivity index (χ4n) is 3.64. The molecular formula is C19H27NO3. The number of hydrogen-bond donors (Lipinski definition) is 2. The lowest BCUT2D eigenvalue weighted by molar-refractivity contribution is -0.111. The maximum absolute atomic E-state index is 10.8. The van der Waals surface area contributed by atoms with Crippen LogP contribution in [0.5, 0.6) is 0 Å². The van der Waals surface area contributed by atoms with Crippen LogP contribution in [0.25, 0.3) is 10.9 Å². The molecule has 1 atom stereocenters. The van der Waals surface area contributed by atoms with Crippen molar-refractivity contribution in [2.24, 2.45) is 0 Å². The van der Waals surface area contributed by atoms with Gasteiger partial charge in [0.1, 0.15) is 11.9 Å². The van der Waals surface area contributed by atoms with Gasteiger partial charge in [-0.3, -0.25) is 0 Å². The number of para-hydroxylation sites is 1. The predicted molar refractivity (Wildman–Crippen MR) is 92.7 cm³/mol. The van der Waals surface area contributed by atoms with Crippen LogP contribution in [0.15, 0.2) is 18.2 Å². The average Bonchev–Trinajstić information content (AvgIpc) is 3.01. The molecule has 4 nitrogen and oxygen atoms in total. The number of aliphatic hydroxyl groups is 1. The normalized spacial score (nSPS) is 19.8. The van der Waals surface area contributed by atoms with Crippen LogP contribution < -0.4 is 0 Å². The third-order valence-electron chi connectivity index (χ3n) is 4.83. The fraction of sp³-hybridized carbons (Fsp3) is 0.526. The van der Waals surface area contributed by atoms with Crippen molar-refractivity contribution in [3.8, 4) is 0 Å². The molecule has 23 heavy (non-hydrogen) atoms. The molecule has 0 bridgehead atoms. The molecule has 3 rings (SSSR count). The highest BCUT2D eigenvalue weighted by Crippen LogP contribution is 2.42. The Morgan fingerprint density at radius 2 is 2.13 bits per heavy atom. The van der Waals surface area contributed by atoms with Gasteiger partial charge in [-0.1, -0.05) is 32.0 Å². The number of fused-ring (bicyclic) bond motifs is 3. The van der Waals surface area contributed by atoms with Gasteiger partial charge < -0.3 is 19.6 Å². The number of ether oxygens (including phenoxy) is 1. The fourth-order valence-corrected chi connectivity index (χ4v) is 3.64. The summed E-state index contributed by atoms with van der Waals surface area (Å²) in [4.78, 5) is 14.5. The molecule has 0 saturated carbocycles. The van der Waals surface area contributed by atoms with Crippen molar-refractivity contribution in [1.29, 1.82) is 0 Å². The largest absolute Gasteiger partial charge is 0.400 e. The maximum Gasteiger partial charge on any atom is 0.120 e. The number of carbonyl (C=O) groups is 1. The molecule has 1 aromatic heterocycles. The second-order valence-electron chi connectivity index (χ2n) is 5.82. The van der Waals surface area contributed by atoms with E-state index in [1.165, 1.54) is 27.7 Å². The van der Waals surface area contributed by atoms with Gasteiger partial charge in [0.15, 0.2) is 0 Å². The average molecular weight is 317 g/mol. The van der Waals surface area contributed by atoms with Gasteiger partial charge in [0.05, 0.1) is 12.3 Å². The zero-order valence-corrected chi connectivity index (χ0v) is 14.3. The molecule has 1 aliphatic heterocycles. The van der Waals surface area contributed by atoms with E-state index in [2.05, 4.69) is 37.0 Å². The minimum Gasteiger partial charge on any atom is -0.400 e. The first-order valence-corrected chi connectivity index (χ1v) is 8.41. The van der Waals surface area contributed by atoms with Crippen LogP contribution in [-0.4, -0.2) is 30.1 Å². The Labute approximate surface area is 137 Å². The SMILES string of the molecule is CCc1cccc2c3c([nH]c12)C(CC)(CCC=O)OCC3.CO. The number of H-pyrrole nitrogens is 1. The monoisotopic (exact) mass is 317 g/mol. The van der Waals surface area contributed by atoms with Crippen LogP contribution in [0.4, 0.5) is 0 Å². The van der Waals surface area contributed by atoms with Crippen LogP contribution in [0.3, 0.4) is 0 Å². The molecule has 2 N–H and O–H groups in total. The highest BCUT2D eigenvalue weighted by Gasteiger charge is 2.38. The van der Waals surface area contributed by atoms with Gasteiger partial charge in [0, 0.05) is 24.4 Å². The van der Waals surface area contributed by atoms with Crippen LogP contribution in [0.2, 0.25) is 0 Å². The van der Waals surface area contributed by atoms with Crippen LogP contribution in [0.1, 0.15) is 49.9 Å². The number of aliphatic hydroxyl groups excluding tert-OH is 1. The van der Waals surface area contributed by atoms with Gasteiger partial charge in [-0.25, -0.2) is 0 Å². The molecule has 1 aromatic carbocycles. The third-order valence-corrected chi connectivity index (χ3v) is 4.83. The Morgan fingerprint density at radius 3 is 2.78 bits per heavy atom. The molecule has 2 heterocycles. The van der Waals surface area contributed by atoms with Gasteiger partial charge in [-0.15, -0.1) is 0 Å². The molecule has 126 valence electrons. The van der Waals surface area contributed by atoms with Crippen LogP contribution in [-0.2, 0) is 28.0 Å². The lowest BCUT2D eigenvalue weighted by Crippen LogP contribution is -2.35. The van der Waals surface area contributed by atoms with E-state index in [0.29, 0.717) is 6.42 Å². The molecular weight excluding hydrogens is 290 g/mol. The number of nitrogens with one attached hydrogen (secondary N) is 1. The number of aryl methyl sites for hydroxylation is 1. The third kappa shape index (κ3) is 3.06. The van der Waals surface area contributed by atoms with E-state index in [9.17, 15) is 4.79 Å². The molecule has 1 unspecified atom stereocenters. The molecule has 4 heteroatoms. The Hall–Kier alpha value is -1.65. The molecule has 0 aliphatic carbocycles. The van der Waals surface area contributed by atoms with Crippen LogP contribution in [0, 0.1) is 0 Å². The number of rotatable bonds is 5. The number of aldehydes is 1. The zero-order chi connectivity index (χ0) is 16.9. The summed E-state index contributed by atoms with van der Waals surface area (Å²) in [6.07, 6.45) is 5.16. The van der Waals surface area contributed by atoms with Gasteiger partial charge in [-0.05, 0) is 36.8 Å². The molecule has 0 amide bonds. The van der Waals surface area contributed by atoms with Crippen molar-refractivity contribution in [3.05, 3.63) is 35.0 Å². The number of aromatic nitrogens is 1. The highest BCUT2D eigenvalue weighted by molar-refractivity contribution is 5.88. The van der Waals surface area contributed by atoms with Gasteiger partial charge in [0.25, 0.3) is 0 Å². The van der Waals surface area contributed by atoms with Crippen molar-refractivity contribution in [2.45, 2.75) is 51.6 Å². The molecule has 0 saturated heterocycles. The van der Waals surface area contributed by atoms with E-state index < -0.39 is 0 Å². The van der Waals surface area contributed by atoms with E-state index in [1.54, 1.807) is 0 Å². The number of benzene rings is 1. The van der Waals surface area contributed by atoms with E-state index in [1.807, 2.05) is 0 Å². The van der Waals surface area contributed by atoms with Crippen molar-refractivity contribution < 1.29 is 14.6 Å². The van der Waals surface area contributed by atoms with Gasteiger partial charge in [-0.2, -0.15) is 0 Å². The first-order chi connectivity index (χ1) is 11.3. The quantitative estimate of drug-likeness (QED) is 0.830. The van der Waals surface area contributed by atoms with E-state index in [4.69, 9.17) is 9.84 Å². The summed E-state index contributed by atoms with van der Waals surface area (Å²) in [6.45, 7) is 5.07. The number of hydrogen-bond acceptors (Lipinski definition) is 3. The molecule has 0 spiro atoms. The van der Waals surface area contributed by atoms with Crippen molar-refractivity contribution in [1.82, 2.24) is 4.98 Å². The van der Waals surface area contributed by atoms with E-state index in [0.717, 1.165) is 45.7 Å². The van der Waals surface area contributed by atoms with Crippen molar-refractivity contribution in [2.75, 3.05) is 13.7 Å². The summed E-state index contributed by atoms with van der Waals surface area (Å²) < 4.78 is 6.16. The van der Waals surface area contributed by atoms with Crippen molar-refractivity contribution >= 4 is 17.2 Å². The zero-order valence-electron chi connectivity index (χ0n) is 14.3. The number of aromatic amines is 1. The molecule has 0 radical (unpaired) electrons. The molecule has 0 fully saturated rings. The lowest BCUT2D eigenvalue weighted by Gasteiger charge is -2.36. The van der Waals surface area contributed by atoms with E-state index >= 15 is 0 Å². The predicted octanol–water partition coefficient (Wildman–Crippen LogP) is 3.50. The Kier molecular flexibility index (Phi) is 5.97. The first kappa shape index (κ1) is 17.7. The summed E-state index contributed by atoms with van der Waals surface area (Å²) in [7, 11) is 1.00. The Balaban J connectivity index is 0.000000924. The summed E-state index contributed by atoms with van der Waals surface area (Å²) in [5.74, 6) is 0. The standard InChI is InChI=1S/C18H23NO2.CH4O/c1-3-13-7-5-8-14-15-9-12-21-18(4-2,10-6-11-20)17(15)19-16(13)14;1-2/h5,7-8,11,19H,3-4,6,9-10,12H2,1-2H3;2H,1H3. The summed E-state index contributed by atoms with van der Waals surface area (Å²) in [6, 6.07) is 6.53. The van der Waals surface area contributed by atoms with Crippen molar-refractivity contribution in [3.63, 3.8) is 0 Å². The Morgan fingerprint density at radius 1 is 1.35 bits per heavy atom. The van der Waals surface area contributed by atoms with Gasteiger partial charge in [0.2, 0.25) is 0 Å². The highest BCUT2D eigenvalue weighted by atomic mass is 16.5. The summed E-state index contributed by atoms with van der Waals surface area (Å²) in [5, 5.41) is 8.33. The molecule has 2 aromatic rings. The lowest BCUT2D eigenvalue weighted by atomic mass is 9.85. The summed E-state index contributed by atoms with van der Waals surface area (Å²) in [5.41, 5.74) is 4.87. The van der Waals surface area contributed by atoms with Gasteiger partial charge >= 0.3 is 0 Å². The first-order valence-electron chi connectivity index (χ1n) is 8.41. The second kappa shape index (κ2) is 7.75. The minimum absolute atomic E-state index is 0.321. The minimum atomic E-state index is -0.321. The topological polar surface area (TPSA) is 62.3 Å². The summed E-state index contributed by atoms with van der Waals surface area (Å²) >= 11 is 0. The van der Waals surface area contributed by atoms with E-state index in [-0.39, 0.29) is 5.60 Å². The number of carbonyl (C=O) groups excluding carboxylic acids is 1. The van der Waals surface area contributed by atoms with Crippen LogP contribution >= 0.6 is 0 Å². The Bertz CT molecular complexity index is 662. The maximum atomic E-state index is 10.8. The molecule has 1 aliphatic rings. The second-order valence-corrected chi connectivity index (χ2v) is 5.82. The smallest absolute Gasteiger partial charge is 0.120 e.